The van der Waals surface area contributed by atoms with Crippen LogP contribution in [0.4, 0.5) is 5.82 Å². The second kappa shape index (κ2) is 8.90. The summed E-state index contributed by atoms with van der Waals surface area (Å²) in [5.74, 6) is 1.74. The number of hydrogen-bond acceptors (Lipinski definition) is 5. The van der Waals surface area contributed by atoms with E-state index in [0.29, 0.717) is 18.9 Å². The van der Waals surface area contributed by atoms with E-state index in [1.54, 1.807) is 6.33 Å². The fourth-order valence-corrected chi connectivity index (χ4v) is 6.85. The number of aromatic nitrogens is 2. The van der Waals surface area contributed by atoms with Crippen molar-refractivity contribution >= 4 is 27.7 Å². The van der Waals surface area contributed by atoms with Crippen molar-refractivity contribution in [1.82, 2.24) is 20.2 Å². The van der Waals surface area contributed by atoms with Gasteiger partial charge in [0.05, 0.1) is 0 Å². The predicted octanol–water partition coefficient (Wildman–Crippen LogP) is 4.77. The molecule has 5 rings (SSSR count). The molecule has 2 aliphatic heterocycles. The van der Waals surface area contributed by atoms with Crippen LogP contribution in [0.5, 0.6) is 0 Å². The zero-order valence-electron chi connectivity index (χ0n) is 20.8. The number of amides is 1. The summed E-state index contributed by atoms with van der Waals surface area (Å²) < 4.78 is 1.04. The molecule has 3 atom stereocenters. The zero-order valence-corrected chi connectivity index (χ0v) is 22.4. The van der Waals surface area contributed by atoms with Gasteiger partial charge in [-0.3, -0.25) is 4.79 Å². The molecule has 182 valence electrons. The number of halogens is 1. The minimum atomic E-state index is -0.484. The Morgan fingerprint density at radius 1 is 1.24 bits per heavy atom. The first-order valence-corrected chi connectivity index (χ1v) is 13.5. The monoisotopic (exact) mass is 525 g/mol. The molecule has 1 aromatic carbocycles. The van der Waals surface area contributed by atoms with Gasteiger partial charge in [-0.05, 0) is 63.1 Å². The fraction of sp³-hybridized carbons (Fsp3) is 0.593. The van der Waals surface area contributed by atoms with Gasteiger partial charge >= 0.3 is 0 Å². The Morgan fingerprint density at radius 3 is 2.76 bits per heavy atom. The van der Waals surface area contributed by atoms with Gasteiger partial charge < -0.3 is 15.1 Å². The van der Waals surface area contributed by atoms with Gasteiger partial charge in [0.1, 0.15) is 17.7 Å². The third-order valence-electron chi connectivity index (χ3n) is 8.19. The molecule has 3 aliphatic rings. The third kappa shape index (κ3) is 3.95. The predicted molar refractivity (Wildman–Crippen MR) is 139 cm³/mol. The molecule has 0 radical (unpaired) electrons. The molecule has 34 heavy (non-hydrogen) atoms. The van der Waals surface area contributed by atoms with Gasteiger partial charge in [-0.25, -0.2) is 9.97 Å². The van der Waals surface area contributed by atoms with Gasteiger partial charge in [-0.1, -0.05) is 41.9 Å². The van der Waals surface area contributed by atoms with Crippen molar-refractivity contribution in [2.75, 3.05) is 24.5 Å². The number of aryl methyl sites for hydroxylation is 1. The number of rotatable bonds is 4. The minimum absolute atomic E-state index is 0.0393. The van der Waals surface area contributed by atoms with Crippen LogP contribution < -0.4 is 10.2 Å². The van der Waals surface area contributed by atoms with E-state index in [4.69, 9.17) is 4.98 Å². The standard InChI is InChI=1S/C27H36BrN5O/c1-5-23(34)33-14-13-32(25-24-18(2)9-10-21(24)29-17-30-25)16-27(33,19-7-6-8-20(28)15-19)22-11-12-26(3,4)31-22/h6-8,15,17-18,22,31H,5,9-14,16H2,1-4H3/t18-,22+,27-/m1/s1. The number of nitrogens with one attached hydrogen (secondary N) is 1. The molecule has 2 aromatic rings. The highest BCUT2D eigenvalue weighted by Crippen LogP contribution is 2.45. The van der Waals surface area contributed by atoms with Crippen LogP contribution in [0.2, 0.25) is 0 Å². The Labute approximate surface area is 211 Å². The lowest BCUT2D eigenvalue weighted by atomic mass is 9.77. The van der Waals surface area contributed by atoms with Crippen LogP contribution in [0, 0.1) is 0 Å². The average Bonchev–Trinajstić information content (AvgIpc) is 3.40. The van der Waals surface area contributed by atoms with Crippen LogP contribution in [-0.2, 0) is 16.8 Å². The van der Waals surface area contributed by atoms with Crippen LogP contribution in [-0.4, -0.2) is 52.0 Å². The van der Waals surface area contributed by atoms with E-state index in [9.17, 15) is 4.79 Å². The van der Waals surface area contributed by atoms with Crippen molar-refractivity contribution in [2.24, 2.45) is 0 Å². The molecular weight excluding hydrogens is 490 g/mol. The second-order valence-electron chi connectivity index (χ2n) is 10.9. The molecule has 1 aliphatic carbocycles. The molecule has 6 nitrogen and oxygen atoms in total. The summed E-state index contributed by atoms with van der Waals surface area (Å²) >= 11 is 3.71. The van der Waals surface area contributed by atoms with Crippen LogP contribution in [0.25, 0.3) is 0 Å². The number of benzene rings is 1. The van der Waals surface area contributed by atoms with Gasteiger partial charge in [0, 0.05) is 53.4 Å². The Kier molecular flexibility index (Phi) is 6.22. The summed E-state index contributed by atoms with van der Waals surface area (Å²) in [7, 11) is 0. The van der Waals surface area contributed by atoms with Crippen molar-refractivity contribution in [1.29, 1.82) is 0 Å². The maximum atomic E-state index is 13.5. The summed E-state index contributed by atoms with van der Waals surface area (Å²) in [5.41, 5.74) is 3.24. The number of carbonyl (C=O) groups is 1. The van der Waals surface area contributed by atoms with Crippen LogP contribution >= 0.6 is 15.9 Å². The van der Waals surface area contributed by atoms with Crippen LogP contribution in [0.15, 0.2) is 35.1 Å². The van der Waals surface area contributed by atoms with E-state index in [0.717, 1.165) is 49.1 Å². The molecule has 2 saturated heterocycles. The number of fused-ring (bicyclic) bond motifs is 1. The first kappa shape index (κ1) is 23.7. The summed E-state index contributed by atoms with van der Waals surface area (Å²) in [6.07, 6.45) is 6.50. The van der Waals surface area contributed by atoms with Crippen molar-refractivity contribution in [3.63, 3.8) is 0 Å². The van der Waals surface area contributed by atoms with Crippen molar-refractivity contribution in [2.45, 2.75) is 82.8 Å². The fourth-order valence-electron chi connectivity index (χ4n) is 6.45. The topological polar surface area (TPSA) is 61.4 Å². The summed E-state index contributed by atoms with van der Waals surface area (Å²) in [6, 6.07) is 8.72. The van der Waals surface area contributed by atoms with Gasteiger partial charge in [-0.2, -0.15) is 0 Å². The third-order valence-corrected chi connectivity index (χ3v) is 8.68. The van der Waals surface area contributed by atoms with Gasteiger partial charge in [-0.15, -0.1) is 0 Å². The first-order valence-electron chi connectivity index (χ1n) is 12.7. The van der Waals surface area contributed by atoms with Gasteiger partial charge in [0.15, 0.2) is 0 Å². The summed E-state index contributed by atoms with van der Waals surface area (Å²) in [4.78, 5) is 27.5. The highest BCUT2D eigenvalue weighted by atomic mass is 79.9. The number of nitrogens with zero attached hydrogens (tertiary/aromatic N) is 4. The van der Waals surface area contributed by atoms with E-state index >= 15 is 0 Å². The molecule has 7 heteroatoms. The first-order chi connectivity index (χ1) is 16.2. The van der Waals surface area contributed by atoms with Crippen LogP contribution in [0.1, 0.15) is 76.1 Å². The second-order valence-corrected chi connectivity index (χ2v) is 11.8. The van der Waals surface area contributed by atoms with E-state index < -0.39 is 5.54 Å². The average molecular weight is 527 g/mol. The zero-order chi connectivity index (χ0) is 24.1. The van der Waals surface area contributed by atoms with Crippen molar-refractivity contribution in [3.05, 3.63) is 51.9 Å². The maximum Gasteiger partial charge on any atom is 0.223 e. The number of piperazine rings is 1. The van der Waals surface area contributed by atoms with E-state index in [1.807, 2.05) is 6.92 Å². The lowest BCUT2D eigenvalue weighted by Crippen LogP contribution is -2.69. The molecule has 1 N–H and O–H groups in total. The molecule has 0 unspecified atom stereocenters. The molecule has 2 fully saturated rings. The lowest BCUT2D eigenvalue weighted by molar-refractivity contribution is -0.140. The Bertz CT molecular complexity index is 1090. The van der Waals surface area contributed by atoms with Crippen molar-refractivity contribution < 1.29 is 4.79 Å². The Morgan fingerprint density at radius 2 is 2.06 bits per heavy atom. The number of hydrogen-bond donors (Lipinski definition) is 1. The molecule has 0 spiro atoms. The van der Waals surface area contributed by atoms with Crippen LogP contribution in [0.3, 0.4) is 0 Å². The Balaban J connectivity index is 1.66. The molecular formula is C27H36BrN5O. The molecule has 3 heterocycles. The number of anilines is 1. The largest absolute Gasteiger partial charge is 0.352 e. The highest BCUT2D eigenvalue weighted by molar-refractivity contribution is 9.10. The van der Waals surface area contributed by atoms with Crippen molar-refractivity contribution in [3.8, 4) is 0 Å². The normalized spacial score (nSPS) is 28.3. The molecule has 0 saturated carbocycles. The van der Waals surface area contributed by atoms with E-state index in [1.165, 1.54) is 16.8 Å². The van der Waals surface area contributed by atoms with E-state index in [-0.39, 0.29) is 17.5 Å². The summed E-state index contributed by atoms with van der Waals surface area (Å²) in [6.45, 7) is 11.0. The summed E-state index contributed by atoms with van der Waals surface area (Å²) in [5, 5.41) is 3.93. The smallest absolute Gasteiger partial charge is 0.223 e. The Hall–Kier alpha value is -1.99. The van der Waals surface area contributed by atoms with Gasteiger partial charge in [0.2, 0.25) is 5.91 Å². The minimum Gasteiger partial charge on any atom is -0.352 e. The molecule has 1 amide bonds. The maximum absolute atomic E-state index is 13.5. The molecule has 1 aromatic heterocycles. The lowest BCUT2D eigenvalue weighted by Gasteiger charge is -2.55. The SMILES string of the molecule is CCC(=O)N1CCN(c2ncnc3c2[C@H](C)CC3)C[C@@]1(c1cccc(Br)c1)[C@@H]1CCC(C)(C)N1. The number of carbonyl (C=O) groups excluding carboxylic acids is 1. The van der Waals surface area contributed by atoms with E-state index in [2.05, 4.69) is 81.1 Å². The van der Waals surface area contributed by atoms with Gasteiger partial charge in [0.25, 0.3) is 0 Å². The highest BCUT2D eigenvalue weighted by Gasteiger charge is 2.54. The molecule has 0 bridgehead atoms. The quantitative estimate of drug-likeness (QED) is 0.622.